The molecule has 0 spiro atoms. The van der Waals surface area contributed by atoms with Crippen molar-refractivity contribution in [3.63, 3.8) is 0 Å². The van der Waals surface area contributed by atoms with Crippen LogP contribution in [0.5, 0.6) is 5.75 Å². The van der Waals surface area contributed by atoms with Crippen LogP contribution < -0.4 is 10.1 Å². The molecule has 6 nitrogen and oxygen atoms in total. The van der Waals surface area contributed by atoms with E-state index in [1.54, 1.807) is 36.4 Å². The fraction of sp³-hybridized carbons (Fsp3) is 0.440. The Balaban J connectivity index is 1.74. The van der Waals surface area contributed by atoms with Crippen LogP contribution in [0.4, 0.5) is 0 Å². The number of sulfone groups is 1. The maximum Gasteiger partial charge on any atom is 0.210 e. The van der Waals surface area contributed by atoms with Crippen molar-refractivity contribution in [2.24, 2.45) is 0 Å². The molecule has 0 aliphatic heterocycles. The number of fused-ring (bicyclic) bond motifs is 1. The molecule has 7 heteroatoms. The van der Waals surface area contributed by atoms with E-state index in [4.69, 9.17) is 9.15 Å². The zero-order valence-corrected chi connectivity index (χ0v) is 19.7. The van der Waals surface area contributed by atoms with Crippen molar-refractivity contribution in [2.75, 3.05) is 19.7 Å². The molecular weight excluding hydrogens is 426 g/mol. The van der Waals surface area contributed by atoms with Gasteiger partial charge in [-0.15, -0.1) is 0 Å². The molecule has 0 radical (unpaired) electrons. The monoisotopic (exact) mass is 459 g/mol. The van der Waals surface area contributed by atoms with Crippen LogP contribution in [0, 0.1) is 0 Å². The highest BCUT2D eigenvalue weighted by atomic mass is 32.2. The van der Waals surface area contributed by atoms with Crippen LogP contribution in [-0.2, 0) is 16.3 Å². The summed E-state index contributed by atoms with van der Waals surface area (Å²) in [6.45, 7) is 5.64. The molecular formula is C25H33NO5S. The quantitative estimate of drug-likeness (QED) is 0.359. The first kappa shape index (κ1) is 24.3. The third-order valence-corrected chi connectivity index (χ3v) is 7.19. The second-order valence-corrected chi connectivity index (χ2v) is 9.84. The molecule has 0 saturated heterocycles. The number of rotatable bonds is 13. The summed E-state index contributed by atoms with van der Waals surface area (Å²) >= 11 is 0. The molecule has 2 aromatic carbocycles. The lowest BCUT2D eigenvalue weighted by Crippen LogP contribution is -2.31. The van der Waals surface area contributed by atoms with Gasteiger partial charge < -0.3 is 19.6 Å². The van der Waals surface area contributed by atoms with E-state index in [0.29, 0.717) is 35.4 Å². The van der Waals surface area contributed by atoms with E-state index in [1.165, 1.54) is 0 Å². The first-order chi connectivity index (χ1) is 15.5. The number of ether oxygens (including phenoxy) is 1. The minimum absolute atomic E-state index is 0.138. The summed E-state index contributed by atoms with van der Waals surface area (Å²) in [7, 11) is -3.76. The van der Waals surface area contributed by atoms with E-state index in [9.17, 15) is 13.5 Å². The number of aliphatic hydroxyl groups is 1. The molecule has 0 bridgehead atoms. The van der Waals surface area contributed by atoms with Crippen molar-refractivity contribution in [3.05, 3.63) is 54.3 Å². The summed E-state index contributed by atoms with van der Waals surface area (Å²) in [5.74, 6) is 1.02. The summed E-state index contributed by atoms with van der Waals surface area (Å²) < 4.78 is 38.5. The molecule has 0 amide bonds. The Labute approximate surface area is 190 Å². The summed E-state index contributed by atoms with van der Waals surface area (Å²) in [6, 6.07) is 13.6. The average molecular weight is 460 g/mol. The molecule has 1 heterocycles. The van der Waals surface area contributed by atoms with Crippen LogP contribution in [0.2, 0.25) is 0 Å². The summed E-state index contributed by atoms with van der Waals surface area (Å²) in [6.07, 6.45) is 3.91. The van der Waals surface area contributed by atoms with E-state index in [2.05, 4.69) is 19.2 Å². The zero-order chi connectivity index (χ0) is 23.0. The van der Waals surface area contributed by atoms with Gasteiger partial charge in [0.2, 0.25) is 9.84 Å². The SMILES string of the molecule is CCCCNCC(O)COc1ccc(S(=O)(=O)c2c(CCCC)oc3ccccc23)cc1. The number of hydrogen-bond donors (Lipinski definition) is 2. The lowest BCUT2D eigenvalue weighted by Gasteiger charge is -2.13. The highest BCUT2D eigenvalue weighted by Gasteiger charge is 2.27. The number of furan rings is 1. The molecule has 174 valence electrons. The predicted molar refractivity (Wildman–Crippen MR) is 126 cm³/mol. The van der Waals surface area contributed by atoms with Crippen molar-refractivity contribution >= 4 is 20.8 Å². The zero-order valence-electron chi connectivity index (χ0n) is 18.8. The second kappa shape index (κ2) is 11.5. The van der Waals surface area contributed by atoms with E-state index in [1.807, 2.05) is 12.1 Å². The van der Waals surface area contributed by atoms with Crippen LogP contribution in [0.1, 0.15) is 45.3 Å². The van der Waals surface area contributed by atoms with Gasteiger partial charge in [0.15, 0.2) is 0 Å². The lowest BCUT2D eigenvalue weighted by atomic mass is 10.2. The summed E-state index contributed by atoms with van der Waals surface area (Å²) in [5.41, 5.74) is 0.582. The van der Waals surface area contributed by atoms with Gasteiger partial charge in [-0.3, -0.25) is 0 Å². The Morgan fingerprint density at radius 2 is 1.75 bits per heavy atom. The number of para-hydroxylation sites is 1. The van der Waals surface area contributed by atoms with Gasteiger partial charge >= 0.3 is 0 Å². The van der Waals surface area contributed by atoms with Crippen LogP contribution in [0.3, 0.4) is 0 Å². The number of aliphatic hydroxyl groups excluding tert-OH is 1. The van der Waals surface area contributed by atoms with Crippen molar-refractivity contribution in [2.45, 2.75) is 61.8 Å². The van der Waals surface area contributed by atoms with Crippen molar-refractivity contribution in [1.82, 2.24) is 5.32 Å². The Kier molecular flexibility index (Phi) is 8.73. The molecule has 3 rings (SSSR count). The van der Waals surface area contributed by atoms with E-state index in [0.717, 1.165) is 32.2 Å². The third kappa shape index (κ3) is 5.91. The molecule has 2 N–H and O–H groups in total. The summed E-state index contributed by atoms with van der Waals surface area (Å²) in [5, 5.41) is 13.8. The van der Waals surface area contributed by atoms with Crippen molar-refractivity contribution < 1.29 is 22.7 Å². The Bertz CT molecular complexity index is 1090. The summed E-state index contributed by atoms with van der Waals surface area (Å²) in [4.78, 5) is 0.444. The number of nitrogens with one attached hydrogen (secondary N) is 1. The molecule has 0 saturated carbocycles. The standard InChI is InChI=1S/C25H33NO5S/c1-3-5-10-24-25(22-9-7-8-11-23(22)31-24)32(28,29)21-14-12-20(13-15-21)30-18-19(27)17-26-16-6-4-2/h7-9,11-15,19,26-27H,3-6,10,16-18H2,1-2H3. The molecule has 32 heavy (non-hydrogen) atoms. The number of unbranched alkanes of at least 4 members (excludes halogenated alkanes) is 2. The largest absolute Gasteiger partial charge is 0.491 e. The van der Waals surface area contributed by atoms with Crippen molar-refractivity contribution in [1.29, 1.82) is 0 Å². The average Bonchev–Trinajstić information content (AvgIpc) is 3.18. The lowest BCUT2D eigenvalue weighted by molar-refractivity contribution is 0.106. The Morgan fingerprint density at radius 3 is 2.47 bits per heavy atom. The minimum Gasteiger partial charge on any atom is -0.491 e. The maximum absolute atomic E-state index is 13.5. The Morgan fingerprint density at radius 1 is 1.03 bits per heavy atom. The van der Waals surface area contributed by atoms with Gasteiger partial charge in [0.05, 0.1) is 4.90 Å². The fourth-order valence-corrected chi connectivity index (χ4v) is 5.16. The predicted octanol–water partition coefficient (Wildman–Crippen LogP) is 4.74. The van der Waals surface area contributed by atoms with Gasteiger partial charge in [0.1, 0.15) is 34.7 Å². The Hall–Kier alpha value is -2.35. The molecule has 3 aromatic rings. The van der Waals surface area contributed by atoms with E-state index >= 15 is 0 Å². The highest BCUT2D eigenvalue weighted by molar-refractivity contribution is 7.91. The molecule has 0 aliphatic rings. The minimum atomic E-state index is -3.76. The highest BCUT2D eigenvalue weighted by Crippen LogP contribution is 2.35. The fourth-order valence-electron chi connectivity index (χ4n) is 3.52. The normalized spacial score (nSPS) is 12.8. The number of aryl methyl sites for hydroxylation is 1. The molecule has 1 atom stereocenters. The van der Waals surface area contributed by atoms with Crippen LogP contribution in [0.15, 0.2) is 62.7 Å². The third-order valence-electron chi connectivity index (χ3n) is 5.31. The van der Waals surface area contributed by atoms with Gasteiger partial charge in [-0.25, -0.2) is 8.42 Å². The first-order valence-electron chi connectivity index (χ1n) is 11.3. The molecule has 0 aliphatic carbocycles. The van der Waals surface area contributed by atoms with Gasteiger partial charge in [-0.05, 0) is 55.8 Å². The van der Waals surface area contributed by atoms with E-state index in [-0.39, 0.29) is 16.4 Å². The van der Waals surface area contributed by atoms with Crippen molar-refractivity contribution in [3.8, 4) is 5.75 Å². The smallest absolute Gasteiger partial charge is 0.210 e. The van der Waals surface area contributed by atoms with Gasteiger partial charge in [-0.1, -0.05) is 38.8 Å². The van der Waals surface area contributed by atoms with Gasteiger partial charge in [0, 0.05) is 18.4 Å². The van der Waals surface area contributed by atoms with Crippen LogP contribution >= 0.6 is 0 Å². The van der Waals surface area contributed by atoms with Crippen LogP contribution in [0.25, 0.3) is 11.0 Å². The molecule has 1 unspecified atom stereocenters. The molecule has 0 fully saturated rings. The van der Waals surface area contributed by atoms with Gasteiger partial charge in [0.25, 0.3) is 0 Å². The van der Waals surface area contributed by atoms with E-state index < -0.39 is 15.9 Å². The molecule has 1 aromatic heterocycles. The topological polar surface area (TPSA) is 88.8 Å². The van der Waals surface area contributed by atoms with Crippen LogP contribution in [-0.4, -0.2) is 39.3 Å². The second-order valence-electron chi connectivity index (χ2n) is 7.95. The first-order valence-corrected chi connectivity index (χ1v) is 12.8. The maximum atomic E-state index is 13.5. The van der Waals surface area contributed by atoms with Gasteiger partial charge in [-0.2, -0.15) is 0 Å². The number of benzene rings is 2. The number of hydrogen-bond acceptors (Lipinski definition) is 6.